The first-order valence-electron chi connectivity index (χ1n) is 7.45. The molecule has 0 bridgehead atoms. The third kappa shape index (κ3) is 3.04. The van der Waals surface area contributed by atoms with Gasteiger partial charge in [0.25, 0.3) is 0 Å². The second kappa shape index (κ2) is 5.42. The number of nitrogens with zero attached hydrogens (tertiary/aromatic N) is 6. The molecule has 1 fully saturated rings. The van der Waals surface area contributed by atoms with E-state index < -0.39 is 0 Å². The van der Waals surface area contributed by atoms with Gasteiger partial charge in [0, 0.05) is 24.6 Å². The molecule has 0 unspecified atom stereocenters. The Balaban J connectivity index is 1.70. The Bertz CT molecular complexity index is 578. The summed E-state index contributed by atoms with van der Waals surface area (Å²) in [5.74, 6) is 1.03. The fourth-order valence-corrected chi connectivity index (χ4v) is 2.70. The standard InChI is InChI=1S/C15H22N6/c1-15(2,3)13-8-14(18-10-17-13)20-6-4-12(5-7-20)21-11-16-9-19-21/h8-12H,4-7H2,1-3H3. The van der Waals surface area contributed by atoms with Gasteiger partial charge in [-0.05, 0) is 12.8 Å². The molecule has 2 aromatic heterocycles. The van der Waals surface area contributed by atoms with Gasteiger partial charge >= 0.3 is 0 Å². The zero-order valence-corrected chi connectivity index (χ0v) is 12.9. The highest BCUT2D eigenvalue weighted by Gasteiger charge is 2.23. The second-order valence-electron chi connectivity index (χ2n) is 6.61. The molecule has 0 saturated carbocycles. The molecular formula is C15H22N6. The molecule has 1 aliphatic rings. The van der Waals surface area contributed by atoms with Crippen LogP contribution in [0.2, 0.25) is 0 Å². The monoisotopic (exact) mass is 286 g/mol. The van der Waals surface area contributed by atoms with Crippen molar-refractivity contribution in [3.8, 4) is 0 Å². The second-order valence-corrected chi connectivity index (χ2v) is 6.61. The van der Waals surface area contributed by atoms with Gasteiger partial charge in [-0.1, -0.05) is 20.8 Å². The van der Waals surface area contributed by atoms with Crippen molar-refractivity contribution in [3.63, 3.8) is 0 Å². The Morgan fingerprint density at radius 1 is 1.10 bits per heavy atom. The highest BCUT2D eigenvalue weighted by Crippen LogP contribution is 2.27. The maximum absolute atomic E-state index is 4.44. The van der Waals surface area contributed by atoms with Crippen LogP contribution in [-0.4, -0.2) is 37.8 Å². The number of hydrogen-bond acceptors (Lipinski definition) is 5. The molecule has 0 aromatic carbocycles. The third-order valence-corrected chi connectivity index (χ3v) is 4.02. The van der Waals surface area contributed by atoms with Crippen LogP contribution in [-0.2, 0) is 5.41 Å². The minimum atomic E-state index is 0.0523. The van der Waals surface area contributed by atoms with Gasteiger partial charge in [-0.3, -0.25) is 0 Å². The predicted octanol–water partition coefficient (Wildman–Crippen LogP) is 2.21. The minimum Gasteiger partial charge on any atom is -0.356 e. The SMILES string of the molecule is CC(C)(C)c1cc(N2CCC(n3cncn3)CC2)ncn1. The zero-order chi connectivity index (χ0) is 14.9. The average molecular weight is 286 g/mol. The van der Waals surface area contributed by atoms with Gasteiger partial charge in [0.15, 0.2) is 0 Å². The van der Waals surface area contributed by atoms with Crippen LogP contribution >= 0.6 is 0 Å². The molecule has 3 rings (SSSR count). The van der Waals surface area contributed by atoms with Crippen LogP contribution in [0.3, 0.4) is 0 Å². The largest absolute Gasteiger partial charge is 0.356 e. The molecule has 0 amide bonds. The molecule has 0 spiro atoms. The summed E-state index contributed by atoms with van der Waals surface area (Å²) in [5.41, 5.74) is 1.14. The van der Waals surface area contributed by atoms with Crippen LogP contribution in [0.15, 0.2) is 25.0 Å². The van der Waals surface area contributed by atoms with Crippen LogP contribution in [0.5, 0.6) is 0 Å². The van der Waals surface area contributed by atoms with Crippen LogP contribution < -0.4 is 4.90 Å². The predicted molar refractivity (Wildman–Crippen MR) is 81.2 cm³/mol. The van der Waals surface area contributed by atoms with Gasteiger partial charge in [0.05, 0.1) is 11.7 Å². The van der Waals surface area contributed by atoms with E-state index in [-0.39, 0.29) is 5.41 Å². The van der Waals surface area contributed by atoms with Crippen molar-refractivity contribution < 1.29 is 0 Å². The molecule has 0 radical (unpaired) electrons. The summed E-state index contributed by atoms with van der Waals surface area (Å²) in [6.07, 6.45) is 7.23. The van der Waals surface area contributed by atoms with E-state index in [1.807, 2.05) is 11.0 Å². The molecule has 21 heavy (non-hydrogen) atoms. The summed E-state index contributed by atoms with van der Waals surface area (Å²) in [6, 6.07) is 2.57. The van der Waals surface area contributed by atoms with E-state index in [0.717, 1.165) is 37.4 Å². The lowest BCUT2D eigenvalue weighted by atomic mass is 9.92. The van der Waals surface area contributed by atoms with Gasteiger partial charge in [-0.15, -0.1) is 0 Å². The Morgan fingerprint density at radius 2 is 1.86 bits per heavy atom. The van der Waals surface area contributed by atoms with Crippen LogP contribution in [0.1, 0.15) is 45.3 Å². The Morgan fingerprint density at radius 3 is 2.48 bits per heavy atom. The highest BCUT2D eigenvalue weighted by molar-refractivity contribution is 5.40. The maximum atomic E-state index is 4.44. The molecule has 1 saturated heterocycles. The summed E-state index contributed by atoms with van der Waals surface area (Å²) in [7, 11) is 0. The lowest BCUT2D eigenvalue weighted by molar-refractivity contribution is 0.365. The first kappa shape index (κ1) is 14.0. The summed E-state index contributed by atoms with van der Waals surface area (Å²) in [4.78, 5) is 15.2. The smallest absolute Gasteiger partial charge is 0.137 e. The van der Waals surface area contributed by atoms with Crippen molar-refractivity contribution in [3.05, 3.63) is 30.7 Å². The van der Waals surface area contributed by atoms with E-state index in [2.05, 4.69) is 51.8 Å². The molecule has 0 aliphatic carbocycles. The molecule has 2 aromatic rings. The summed E-state index contributed by atoms with van der Waals surface area (Å²) in [5, 5.41) is 4.25. The molecule has 3 heterocycles. The van der Waals surface area contributed by atoms with E-state index in [9.17, 15) is 0 Å². The van der Waals surface area contributed by atoms with E-state index in [0.29, 0.717) is 6.04 Å². The number of aromatic nitrogens is 5. The summed E-state index contributed by atoms with van der Waals surface area (Å²) < 4.78 is 1.97. The molecule has 0 atom stereocenters. The molecule has 6 heteroatoms. The molecule has 112 valence electrons. The van der Waals surface area contributed by atoms with Gasteiger partial charge < -0.3 is 4.90 Å². The van der Waals surface area contributed by atoms with Crippen molar-refractivity contribution in [2.24, 2.45) is 0 Å². The van der Waals surface area contributed by atoms with Gasteiger partial charge in [-0.2, -0.15) is 5.10 Å². The summed E-state index contributed by atoms with van der Waals surface area (Å²) in [6.45, 7) is 8.51. The average Bonchev–Trinajstić information content (AvgIpc) is 3.01. The lowest BCUT2D eigenvalue weighted by Gasteiger charge is -2.33. The van der Waals surface area contributed by atoms with Crippen molar-refractivity contribution in [1.29, 1.82) is 0 Å². The molecule has 6 nitrogen and oxygen atoms in total. The highest BCUT2D eigenvalue weighted by atomic mass is 15.3. The number of rotatable bonds is 2. The Kier molecular flexibility index (Phi) is 3.61. The van der Waals surface area contributed by atoms with Gasteiger partial charge in [0.2, 0.25) is 0 Å². The van der Waals surface area contributed by atoms with Crippen molar-refractivity contribution in [2.45, 2.75) is 45.1 Å². The van der Waals surface area contributed by atoms with E-state index in [1.54, 1.807) is 12.7 Å². The van der Waals surface area contributed by atoms with Crippen molar-refractivity contribution in [1.82, 2.24) is 24.7 Å². The number of piperidine rings is 1. The third-order valence-electron chi connectivity index (χ3n) is 4.02. The van der Waals surface area contributed by atoms with Crippen LogP contribution in [0.25, 0.3) is 0 Å². The van der Waals surface area contributed by atoms with Crippen molar-refractivity contribution in [2.75, 3.05) is 18.0 Å². The summed E-state index contributed by atoms with van der Waals surface area (Å²) >= 11 is 0. The minimum absolute atomic E-state index is 0.0523. The zero-order valence-electron chi connectivity index (χ0n) is 12.9. The number of anilines is 1. The van der Waals surface area contributed by atoms with E-state index >= 15 is 0 Å². The Labute approximate surface area is 125 Å². The fourth-order valence-electron chi connectivity index (χ4n) is 2.70. The van der Waals surface area contributed by atoms with Gasteiger partial charge in [-0.25, -0.2) is 19.6 Å². The normalized spacial score (nSPS) is 17.2. The Hall–Kier alpha value is -1.98. The van der Waals surface area contributed by atoms with Crippen LogP contribution in [0, 0.1) is 0 Å². The molecule has 0 N–H and O–H groups in total. The quantitative estimate of drug-likeness (QED) is 0.847. The van der Waals surface area contributed by atoms with E-state index in [4.69, 9.17) is 0 Å². The number of hydrogen-bond donors (Lipinski definition) is 0. The topological polar surface area (TPSA) is 59.7 Å². The van der Waals surface area contributed by atoms with Crippen LogP contribution in [0.4, 0.5) is 5.82 Å². The maximum Gasteiger partial charge on any atom is 0.137 e. The van der Waals surface area contributed by atoms with Gasteiger partial charge in [0.1, 0.15) is 24.8 Å². The van der Waals surface area contributed by atoms with E-state index in [1.165, 1.54) is 0 Å². The molecule has 1 aliphatic heterocycles. The lowest BCUT2D eigenvalue weighted by Crippen LogP contribution is -2.35. The fraction of sp³-hybridized carbons (Fsp3) is 0.600. The first-order valence-corrected chi connectivity index (χ1v) is 7.45. The first-order chi connectivity index (χ1) is 10.0. The molecular weight excluding hydrogens is 264 g/mol. The van der Waals surface area contributed by atoms with Crippen molar-refractivity contribution >= 4 is 5.82 Å².